The van der Waals surface area contributed by atoms with Gasteiger partial charge in [-0.1, -0.05) is 5.16 Å². The first-order chi connectivity index (χ1) is 15.5. The van der Waals surface area contributed by atoms with Crippen molar-refractivity contribution in [3.8, 4) is 0 Å². The van der Waals surface area contributed by atoms with Gasteiger partial charge in [0.1, 0.15) is 24.4 Å². The van der Waals surface area contributed by atoms with Gasteiger partial charge in [-0.3, -0.25) is 18.8 Å². The third kappa shape index (κ3) is 4.34. The summed E-state index contributed by atoms with van der Waals surface area (Å²) >= 11 is 0.980. The van der Waals surface area contributed by atoms with Crippen LogP contribution in [-0.4, -0.2) is 83.3 Å². The number of carbonyl (C=O) groups is 3. The van der Waals surface area contributed by atoms with Crippen LogP contribution in [0.4, 0.5) is 5.13 Å². The second-order valence-electron chi connectivity index (χ2n) is 7.15. The molecule has 33 heavy (non-hydrogen) atoms. The predicted octanol–water partition coefficient (Wildman–Crippen LogP) is -2.15. The lowest BCUT2D eigenvalue weighted by Crippen LogP contribution is -2.73. The topological polar surface area (TPSA) is 232 Å². The highest BCUT2D eigenvalue weighted by atomic mass is 32.2. The van der Waals surface area contributed by atoms with E-state index < -0.39 is 51.5 Å². The fourth-order valence-corrected chi connectivity index (χ4v) is 4.48. The van der Waals surface area contributed by atoms with E-state index in [4.69, 9.17) is 10.6 Å². The minimum Gasteiger partial charge on any atom is -0.478 e. The average Bonchev–Trinajstić information content (AvgIpc) is 3.12. The first kappa shape index (κ1) is 22.6. The highest BCUT2D eigenvalue weighted by molar-refractivity contribution is 7.84. The van der Waals surface area contributed by atoms with Crippen molar-refractivity contribution in [2.45, 2.75) is 37.1 Å². The molecule has 2 unspecified atom stereocenters. The van der Waals surface area contributed by atoms with Crippen molar-refractivity contribution in [3.05, 3.63) is 23.7 Å². The summed E-state index contributed by atoms with van der Waals surface area (Å²) in [5.74, 6) is -3.36. The van der Waals surface area contributed by atoms with Crippen molar-refractivity contribution in [3.63, 3.8) is 0 Å². The molecule has 0 radical (unpaired) electrons. The maximum atomic E-state index is 13.0. The Morgan fingerprint density at radius 2 is 2.15 bits per heavy atom. The van der Waals surface area contributed by atoms with Gasteiger partial charge in [-0.2, -0.15) is 13.5 Å². The number of aromatic nitrogens is 4. The molecule has 1 saturated carbocycles. The van der Waals surface area contributed by atoms with Crippen LogP contribution in [0.1, 0.15) is 18.5 Å². The van der Waals surface area contributed by atoms with Gasteiger partial charge in [-0.25, -0.2) is 19.1 Å². The molecule has 2 fully saturated rings. The molecule has 2 aromatic rings. The zero-order chi connectivity index (χ0) is 24.0. The summed E-state index contributed by atoms with van der Waals surface area (Å²) in [5, 5.41) is 20.5. The summed E-state index contributed by atoms with van der Waals surface area (Å²) in [6.07, 6.45) is 2.80. The van der Waals surface area contributed by atoms with Gasteiger partial charge in [0.15, 0.2) is 10.8 Å². The summed E-state index contributed by atoms with van der Waals surface area (Å²) in [6.45, 7) is -0.217. The Bertz CT molecular complexity index is 1240. The van der Waals surface area contributed by atoms with Crippen LogP contribution in [0.25, 0.3) is 0 Å². The standard InChI is InChI=1S/C15H16N8O8S2/c16-14-19-7(4-32-14)9(21-31-15(1-2-15)13(26)27)11(24)20-10-8(3-22-6-17-5-18-22)23(12(10)25)33(28,29)30/h4-6,8,10H,1-3H2,(H2,16,19)(H,20,24)(H,26,27)(H,28,29,30)/b21-9-. The van der Waals surface area contributed by atoms with Gasteiger partial charge in [0.05, 0.1) is 12.6 Å². The molecule has 2 aliphatic rings. The maximum absolute atomic E-state index is 13.0. The number of hydrogen-bond acceptors (Lipinski definition) is 12. The predicted molar refractivity (Wildman–Crippen MR) is 108 cm³/mol. The molecular formula is C15H16N8O8S2. The molecule has 4 rings (SSSR count). The van der Waals surface area contributed by atoms with Gasteiger partial charge in [-0.15, -0.1) is 11.3 Å². The number of hydrogen-bond donors (Lipinski definition) is 4. The molecule has 2 atom stereocenters. The Kier molecular flexibility index (Phi) is 5.50. The Morgan fingerprint density at radius 3 is 2.67 bits per heavy atom. The molecular weight excluding hydrogens is 484 g/mol. The molecule has 0 spiro atoms. The molecule has 18 heteroatoms. The number of rotatable bonds is 9. The number of amides is 2. The van der Waals surface area contributed by atoms with E-state index in [-0.39, 0.29) is 34.5 Å². The number of nitrogen functional groups attached to an aromatic ring is 1. The van der Waals surface area contributed by atoms with Crippen LogP contribution < -0.4 is 11.1 Å². The molecule has 5 N–H and O–H groups in total. The van der Waals surface area contributed by atoms with Crippen molar-refractivity contribution >= 4 is 50.3 Å². The zero-order valence-corrected chi connectivity index (χ0v) is 18.1. The van der Waals surface area contributed by atoms with E-state index in [2.05, 4.69) is 25.5 Å². The second-order valence-corrected chi connectivity index (χ2v) is 9.33. The molecule has 1 aliphatic heterocycles. The third-order valence-corrected chi connectivity index (χ3v) is 6.55. The van der Waals surface area contributed by atoms with Crippen LogP contribution in [0.5, 0.6) is 0 Å². The van der Waals surface area contributed by atoms with Crippen LogP contribution in [0.15, 0.2) is 23.2 Å². The summed E-state index contributed by atoms with van der Waals surface area (Å²) in [4.78, 5) is 49.4. The highest BCUT2D eigenvalue weighted by Gasteiger charge is 2.56. The number of nitrogens with zero attached hydrogens (tertiary/aromatic N) is 6. The number of nitrogens with one attached hydrogen (secondary N) is 1. The fourth-order valence-electron chi connectivity index (χ4n) is 3.06. The van der Waals surface area contributed by atoms with Crippen molar-refractivity contribution in [2.75, 3.05) is 5.73 Å². The number of carboxylic acids is 1. The lowest BCUT2D eigenvalue weighted by atomic mass is 9.98. The Hall–Kier alpha value is -3.64. The first-order valence-corrected chi connectivity index (χ1v) is 11.4. The van der Waals surface area contributed by atoms with Crippen molar-refractivity contribution in [2.24, 2.45) is 5.16 Å². The monoisotopic (exact) mass is 500 g/mol. The number of aliphatic carboxylic acids is 1. The number of carboxylic acid groups (broad SMARTS) is 1. The van der Waals surface area contributed by atoms with Gasteiger partial charge >= 0.3 is 16.3 Å². The molecule has 1 saturated heterocycles. The molecule has 0 bridgehead atoms. The molecule has 3 heterocycles. The van der Waals surface area contributed by atoms with Crippen LogP contribution in [-0.2, 0) is 36.1 Å². The largest absolute Gasteiger partial charge is 0.478 e. The SMILES string of the molecule is Nc1nc(/C(=N/OC2(C(=O)O)CC2)C(=O)NC2C(=O)N(S(=O)(=O)O)C2Cn2cncn2)cs1. The van der Waals surface area contributed by atoms with E-state index in [1.165, 1.54) is 22.7 Å². The summed E-state index contributed by atoms with van der Waals surface area (Å²) in [6, 6.07) is -2.62. The number of nitrogens with two attached hydrogens (primary N) is 1. The number of carbonyl (C=O) groups excluding carboxylic acids is 2. The second kappa shape index (κ2) is 8.05. The van der Waals surface area contributed by atoms with Crippen molar-refractivity contribution in [1.82, 2.24) is 29.4 Å². The average molecular weight is 500 g/mol. The Morgan fingerprint density at radius 1 is 1.42 bits per heavy atom. The van der Waals surface area contributed by atoms with Crippen molar-refractivity contribution in [1.29, 1.82) is 0 Å². The highest BCUT2D eigenvalue weighted by Crippen LogP contribution is 2.40. The Labute approximate surface area is 188 Å². The molecule has 2 aromatic heterocycles. The van der Waals surface area contributed by atoms with Gasteiger partial charge in [0.25, 0.3) is 11.8 Å². The molecule has 2 amide bonds. The molecule has 176 valence electrons. The zero-order valence-electron chi connectivity index (χ0n) is 16.4. The quantitative estimate of drug-likeness (QED) is 0.125. The molecule has 1 aliphatic carbocycles. The first-order valence-electron chi connectivity index (χ1n) is 9.17. The van der Waals surface area contributed by atoms with Crippen molar-refractivity contribution < 1.29 is 37.3 Å². The van der Waals surface area contributed by atoms with Gasteiger partial charge in [0, 0.05) is 18.2 Å². The van der Waals surface area contributed by atoms with Gasteiger partial charge in [0.2, 0.25) is 5.60 Å². The number of oxime groups is 1. The number of thiazole rings is 1. The van der Waals surface area contributed by atoms with E-state index in [1.54, 1.807) is 0 Å². The van der Waals surface area contributed by atoms with Crippen LogP contribution in [0.3, 0.4) is 0 Å². The molecule has 0 aromatic carbocycles. The van der Waals surface area contributed by atoms with E-state index in [0.717, 1.165) is 11.3 Å². The van der Waals surface area contributed by atoms with E-state index >= 15 is 0 Å². The normalized spacial score (nSPS) is 21.9. The third-order valence-electron chi connectivity index (χ3n) is 4.93. The van der Waals surface area contributed by atoms with Crippen LogP contribution in [0.2, 0.25) is 0 Å². The minimum absolute atomic E-state index is 0.0394. The maximum Gasteiger partial charge on any atom is 0.362 e. The Balaban J connectivity index is 1.58. The minimum atomic E-state index is -4.91. The van der Waals surface area contributed by atoms with E-state index in [9.17, 15) is 32.5 Å². The summed E-state index contributed by atoms with van der Waals surface area (Å²) in [5.41, 5.74) is 3.54. The summed E-state index contributed by atoms with van der Waals surface area (Å²) in [7, 11) is -4.91. The van der Waals surface area contributed by atoms with E-state index in [0.29, 0.717) is 0 Å². The van der Waals surface area contributed by atoms with Crippen LogP contribution in [0, 0.1) is 0 Å². The van der Waals surface area contributed by atoms with E-state index in [1.807, 2.05) is 0 Å². The smallest absolute Gasteiger partial charge is 0.362 e. The lowest BCUT2D eigenvalue weighted by molar-refractivity contribution is -0.153. The lowest BCUT2D eigenvalue weighted by Gasteiger charge is -2.43. The van der Waals surface area contributed by atoms with Crippen LogP contribution >= 0.6 is 11.3 Å². The van der Waals surface area contributed by atoms with Gasteiger partial charge < -0.3 is 21.0 Å². The fraction of sp³-hybridized carbons (Fsp3) is 0.400. The number of β-lactam (4-membered cyclic amide) rings is 1. The number of anilines is 1. The molecule has 16 nitrogen and oxygen atoms in total. The van der Waals surface area contributed by atoms with Gasteiger partial charge in [-0.05, 0) is 0 Å². The summed E-state index contributed by atoms with van der Waals surface area (Å²) < 4.78 is 34.0.